The van der Waals surface area contributed by atoms with E-state index in [0.29, 0.717) is 18.7 Å². The summed E-state index contributed by atoms with van der Waals surface area (Å²) >= 11 is 0. The van der Waals surface area contributed by atoms with Crippen molar-refractivity contribution in [1.29, 1.82) is 0 Å². The van der Waals surface area contributed by atoms with E-state index in [1.165, 1.54) is 26.4 Å². The summed E-state index contributed by atoms with van der Waals surface area (Å²) in [5.41, 5.74) is 0.927. The van der Waals surface area contributed by atoms with Crippen molar-refractivity contribution in [2.24, 2.45) is 0 Å². The number of esters is 2. The summed E-state index contributed by atoms with van der Waals surface area (Å²) in [6.07, 6.45) is 5.05. The molecule has 140 valence electrons. The normalized spacial score (nSPS) is 27.6. The summed E-state index contributed by atoms with van der Waals surface area (Å²) < 4.78 is 27.7. The number of ether oxygens (including phenoxy) is 2. The molecule has 0 amide bonds. The maximum absolute atomic E-state index is 13.2. The van der Waals surface area contributed by atoms with Crippen molar-refractivity contribution >= 4 is 22.8 Å². The number of carbonyl (C=O) groups is 2. The van der Waals surface area contributed by atoms with Gasteiger partial charge < -0.3 is 19.4 Å². The van der Waals surface area contributed by atoms with Gasteiger partial charge in [0, 0.05) is 30.7 Å². The predicted octanol–water partition coefficient (Wildman–Crippen LogP) is 2.45. The van der Waals surface area contributed by atoms with Gasteiger partial charge >= 0.3 is 11.9 Å². The molecule has 2 aliphatic heterocycles. The highest BCUT2D eigenvalue weighted by Crippen LogP contribution is 2.41. The number of fused-ring (bicyclic) bond motifs is 4. The smallest absolute Gasteiger partial charge is 0.339 e. The second-order valence-electron chi connectivity index (χ2n) is 6.66. The van der Waals surface area contributed by atoms with Crippen molar-refractivity contribution in [3.05, 3.63) is 59.4 Å². The van der Waals surface area contributed by atoms with E-state index in [1.807, 2.05) is 24.3 Å². The molecule has 0 fully saturated rings. The average molecular weight is 368 g/mol. The molecular formula is C21H22N2O4. The summed E-state index contributed by atoms with van der Waals surface area (Å²) in [5, 5.41) is 0.953. The number of para-hydroxylation sites is 1. The van der Waals surface area contributed by atoms with E-state index in [0.717, 1.165) is 16.5 Å². The van der Waals surface area contributed by atoms with E-state index in [2.05, 4.69) is 4.98 Å². The van der Waals surface area contributed by atoms with Crippen LogP contribution in [0.5, 0.6) is 0 Å². The summed E-state index contributed by atoms with van der Waals surface area (Å²) in [5.74, 6) is -1.19. The third kappa shape index (κ3) is 2.47. The van der Waals surface area contributed by atoms with Crippen LogP contribution in [-0.2, 0) is 30.9 Å². The Labute approximate surface area is 160 Å². The van der Waals surface area contributed by atoms with Crippen molar-refractivity contribution in [2.75, 3.05) is 20.8 Å². The number of aromatic nitrogens is 1. The van der Waals surface area contributed by atoms with Gasteiger partial charge in [0.15, 0.2) is 0 Å². The Bertz CT molecular complexity index is 1060. The number of hydrogen-bond acceptors (Lipinski definition) is 5. The molecular weight excluding hydrogens is 344 g/mol. The summed E-state index contributed by atoms with van der Waals surface area (Å²) in [6, 6.07) is 6.04. The van der Waals surface area contributed by atoms with Crippen LogP contribution in [0.3, 0.4) is 0 Å². The number of aromatic amines is 1. The van der Waals surface area contributed by atoms with Crippen molar-refractivity contribution in [1.82, 2.24) is 9.88 Å². The Morgan fingerprint density at radius 2 is 2.15 bits per heavy atom. The van der Waals surface area contributed by atoms with Gasteiger partial charge in [0.1, 0.15) is 5.41 Å². The Morgan fingerprint density at radius 1 is 1.33 bits per heavy atom. The van der Waals surface area contributed by atoms with Gasteiger partial charge in [-0.05, 0) is 31.0 Å². The molecule has 0 spiro atoms. The van der Waals surface area contributed by atoms with Gasteiger partial charge in [-0.2, -0.15) is 0 Å². The molecule has 1 aromatic carbocycles. The van der Waals surface area contributed by atoms with Crippen LogP contribution in [0.25, 0.3) is 10.9 Å². The van der Waals surface area contributed by atoms with Crippen LogP contribution < -0.4 is 0 Å². The van der Waals surface area contributed by atoms with Gasteiger partial charge in [-0.1, -0.05) is 24.3 Å². The molecule has 0 saturated heterocycles. The van der Waals surface area contributed by atoms with Crippen LogP contribution in [-0.4, -0.2) is 48.6 Å². The van der Waals surface area contributed by atoms with Crippen LogP contribution in [0.15, 0.2) is 48.2 Å². The van der Waals surface area contributed by atoms with E-state index < -0.39 is 30.3 Å². The summed E-state index contributed by atoms with van der Waals surface area (Å²) in [6.45, 7) is -0.00679. The number of rotatable bonds is 2. The monoisotopic (exact) mass is 368 g/mol. The molecule has 2 aliphatic rings. The third-order valence-corrected chi connectivity index (χ3v) is 5.26. The number of nitrogens with zero attached hydrogens (tertiary/aromatic N) is 1. The highest BCUT2D eigenvalue weighted by atomic mass is 16.5. The number of carbonyl (C=O) groups excluding carboxylic acids is 2. The van der Waals surface area contributed by atoms with Gasteiger partial charge in [-0.15, -0.1) is 0 Å². The van der Waals surface area contributed by atoms with Crippen LogP contribution in [0, 0.1) is 0 Å². The lowest BCUT2D eigenvalue weighted by atomic mass is 9.76. The highest BCUT2D eigenvalue weighted by molar-refractivity contribution is 5.93. The van der Waals surface area contributed by atoms with E-state index >= 15 is 0 Å². The SMILES string of the molecule is [2H]C[C@@]1(C(=O)OC)c2[nH]c3ccccc3c2CCN2C=C(C(=O)OC)C=C[C@]21[2H]. The van der Waals surface area contributed by atoms with Crippen LogP contribution in [0.1, 0.15) is 20.9 Å². The number of hydrogen-bond donors (Lipinski definition) is 1. The minimum atomic E-state index is -1.65. The molecule has 1 N–H and O–H groups in total. The molecule has 4 rings (SSSR count). The maximum Gasteiger partial charge on any atom is 0.339 e. The molecule has 0 aliphatic carbocycles. The molecule has 2 atom stereocenters. The molecule has 0 radical (unpaired) electrons. The van der Waals surface area contributed by atoms with Crippen molar-refractivity contribution < 1.29 is 21.8 Å². The average Bonchev–Trinajstić information content (AvgIpc) is 3.07. The second kappa shape index (κ2) is 6.30. The molecule has 3 heterocycles. The zero-order chi connectivity index (χ0) is 20.8. The largest absolute Gasteiger partial charge is 0.468 e. The number of nitrogens with one attached hydrogen (secondary N) is 1. The Hall–Kier alpha value is -3.02. The first kappa shape index (κ1) is 15.1. The first-order valence-electron chi connectivity index (χ1n) is 9.87. The fourth-order valence-electron chi connectivity index (χ4n) is 3.92. The van der Waals surface area contributed by atoms with Crippen molar-refractivity contribution in [3.8, 4) is 0 Å². The first-order valence-corrected chi connectivity index (χ1v) is 8.66. The Morgan fingerprint density at radius 3 is 2.89 bits per heavy atom. The zero-order valence-corrected chi connectivity index (χ0v) is 15.2. The standard InChI is InChI=1S/C21H22N2O4/c1-21(20(25)27-3)17-9-8-13(19(24)26-2)12-23(17)11-10-15-14-6-4-5-7-16(14)22-18(15)21/h4-9,12,17,22H,10-11H2,1-3H3/t17-,21-/m0/s1/i1D,17D. The summed E-state index contributed by atoms with van der Waals surface area (Å²) in [4.78, 5) is 30.2. The summed E-state index contributed by atoms with van der Waals surface area (Å²) in [7, 11) is 2.56. The molecule has 2 aromatic rings. The first-order chi connectivity index (χ1) is 13.9. The van der Waals surface area contributed by atoms with Crippen molar-refractivity contribution in [3.63, 3.8) is 0 Å². The van der Waals surface area contributed by atoms with Gasteiger partial charge in [-0.3, -0.25) is 4.79 Å². The molecule has 6 nitrogen and oxygen atoms in total. The minimum Gasteiger partial charge on any atom is -0.468 e. The fraction of sp³-hybridized carbons (Fsp3) is 0.333. The van der Waals surface area contributed by atoms with Crippen LogP contribution >= 0.6 is 0 Å². The quantitative estimate of drug-likeness (QED) is 0.825. The number of H-pyrrole nitrogens is 1. The highest BCUT2D eigenvalue weighted by Gasteiger charge is 2.50. The van der Waals surface area contributed by atoms with Gasteiger partial charge in [-0.25, -0.2) is 4.79 Å². The Kier molecular flexibility index (Phi) is 3.52. The van der Waals surface area contributed by atoms with Crippen LogP contribution in [0.4, 0.5) is 0 Å². The van der Waals surface area contributed by atoms with Gasteiger partial charge in [0.05, 0.1) is 27.2 Å². The lowest BCUT2D eigenvalue weighted by molar-refractivity contribution is -0.148. The molecule has 0 saturated carbocycles. The molecule has 27 heavy (non-hydrogen) atoms. The van der Waals surface area contributed by atoms with E-state index in [9.17, 15) is 11.0 Å². The van der Waals surface area contributed by atoms with E-state index in [-0.39, 0.29) is 5.57 Å². The number of methoxy groups -OCH3 is 2. The third-order valence-electron chi connectivity index (χ3n) is 5.26. The lowest BCUT2D eigenvalue weighted by Gasteiger charge is -2.40. The molecule has 6 heteroatoms. The predicted molar refractivity (Wildman–Crippen MR) is 101 cm³/mol. The van der Waals surface area contributed by atoms with Gasteiger partial charge in [0.2, 0.25) is 0 Å². The maximum atomic E-state index is 13.2. The molecule has 1 aromatic heterocycles. The zero-order valence-electron chi connectivity index (χ0n) is 17.2. The van der Waals surface area contributed by atoms with E-state index in [4.69, 9.17) is 10.8 Å². The van der Waals surface area contributed by atoms with E-state index in [1.54, 1.807) is 11.1 Å². The fourth-order valence-corrected chi connectivity index (χ4v) is 3.92. The topological polar surface area (TPSA) is 71.6 Å². The van der Waals surface area contributed by atoms with Crippen molar-refractivity contribution in [2.45, 2.75) is 24.8 Å². The Balaban J connectivity index is 2.00. The second-order valence-corrected chi connectivity index (χ2v) is 6.66. The molecule has 0 unspecified atom stereocenters. The lowest BCUT2D eigenvalue weighted by Crippen LogP contribution is -2.51. The van der Waals surface area contributed by atoms with Gasteiger partial charge in [0.25, 0.3) is 0 Å². The number of benzene rings is 1. The minimum absolute atomic E-state index is 0.287. The molecule has 0 bridgehead atoms. The van der Waals surface area contributed by atoms with Crippen LogP contribution in [0.2, 0.25) is 0 Å².